The molecule has 1 amide bonds. The van der Waals surface area contributed by atoms with Crippen LogP contribution in [0.4, 0.5) is 5.69 Å². The number of nitrogens with zero attached hydrogens (tertiary/aromatic N) is 2. The number of aryl methyl sites for hydroxylation is 1. The lowest BCUT2D eigenvalue weighted by molar-refractivity contribution is -0.119. The molecule has 1 aromatic heterocycles. The van der Waals surface area contributed by atoms with Gasteiger partial charge in [-0.1, -0.05) is 29.8 Å². The molecule has 0 saturated heterocycles. The molecule has 31 heavy (non-hydrogen) atoms. The fourth-order valence-electron chi connectivity index (χ4n) is 2.69. The molecule has 162 valence electrons. The van der Waals surface area contributed by atoms with Crippen molar-refractivity contribution in [1.29, 1.82) is 0 Å². The van der Waals surface area contributed by atoms with Crippen molar-refractivity contribution in [2.24, 2.45) is 5.10 Å². The fraction of sp³-hybridized carbons (Fsp3) is 0.143. The molecule has 0 unspecified atom stereocenters. The molecule has 0 bridgehead atoms. The minimum atomic E-state index is -4.04. The first-order valence-electron chi connectivity index (χ1n) is 9.10. The number of carbonyl (C=O) groups is 1. The van der Waals surface area contributed by atoms with E-state index >= 15 is 0 Å². The molecule has 7 nitrogen and oxygen atoms in total. The van der Waals surface area contributed by atoms with E-state index in [0.29, 0.717) is 5.75 Å². The van der Waals surface area contributed by atoms with E-state index in [1.807, 2.05) is 18.4 Å². The minimum absolute atomic E-state index is 0.0486. The molecule has 0 fully saturated rings. The van der Waals surface area contributed by atoms with Gasteiger partial charge in [0.05, 0.1) is 28.9 Å². The summed E-state index contributed by atoms with van der Waals surface area (Å²) in [7, 11) is -2.58. The van der Waals surface area contributed by atoms with Crippen molar-refractivity contribution in [1.82, 2.24) is 5.43 Å². The van der Waals surface area contributed by atoms with Crippen LogP contribution >= 0.6 is 22.9 Å². The minimum Gasteiger partial charge on any atom is -0.495 e. The van der Waals surface area contributed by atoms with Gasteiger partial charge in [-0.3, -0.25) is 9.10 Å². The molecule has 0 aliphatic rings. The molecule has 3 aromatic rings. The van der Waals surface area contributed by atoms with Crippen molar-refractivity contribution in [3.63, 3.8) is 0 Å². The van der Waals surface area contributed by atoms with E-state index in [0.717, 1.165) is 14.7 Å². The molecule has 0 spiro atoms. The number of rotatable bonds is 8. The lowest BCUT2D eigenvalue weighted by atomic mass is 10.3. The largest absolute Gasteiger partial charge is 0.495 e. The maximum atomic E-state index is 13.3. The van der Waals surface area contributed by atoms with Crippen molar-refractivity contribution in [3.8, 4) is 5.75 Å². The van der Waals surface area contributed by atoms with Crippen molar-refractivity contribution in [2.45, 2.75) is 11.8 Å². The number of hydrogen-bond donors (Lipinski definition) is 1. The van der Waals surface area contributed by atoms with Crippen LogP contribution in [0.2, 0.25) is 5.02 Å². The number of thiophene rings is 1. The third-order valence-corrected chi connectivity index (χ3v) is 7.35. The van der Waals surface area contributed by atoms with Gasteiger partial charge < -0.3 is 4.74 Å². The van der Waals surface area contributed by atoms with E-state index in [9.17, 15) is 13.2 Å². The van der Waals surface area contributed by atoms with Crippen molar-refractivity contribution in [3.05, 3.63) is 75.4 Å². The van der Waals surface area contributed by atoms with Gasteiger partial charge in [0.25, 0.3) is 15.9 Å². The summed E-state index contributed by atoms with van der Waals surface area (Å²) in [5.41, 5.74) is 3.64. The molecule has 0 atom stereocenters. The summed E-state index contributed by atoms with van der Waals surface area (Å²) in [6, 6.07) is 14.3. The highest BCUT2D eigenvalue weighted by atomic mass is 35.5. The Morgan fingerprint density at radius 2 is 1.97 bits per heavy atom. The predicted octanol–water partition coefficient (Wildman–Crippen LogP) is 4.06. The second-order valence-corrected chi connectivity index (χ2v) is 9.62. The standard InChI is InChI=1S/C21H20ClN3O4S2/c1-15-10-11-30-20(15)13-23-24-21(26)14-25(16-8-9-19(29-2)18(22)12-16)31(27,28)17-6-4-3-5-7-17/h3-13H,14H2,1-2H3,(H,24,26)/b23-13+. The summed E-state index contributed by atoms with van der Waals surface area (Å²) in [5, 5.41) is 6.08. The Bertz CT molecular complexity index is 1190. The number of ether oxygens (including phenoxy) is 1. The molecule has 2 aromatic carbocycles. The number of carbonyl (C=O) groups excluding carboxylic acids is 1. The number of hydrogen-bond acceptors (Lipinski definition) is 6. The third kappa shape index (κ3) is 5.43. The van der Waals surface area contributed by atoms with Crippen LogP contribution in [0.3, 0.4) is 0 Å². The van der Waals surface area contributed by atoms with E-state index < -0.39 is 22.5 Å². The van der Waals surface area contributed by atoms with Gasteiger partial charge in [0.2, 0.25) is 0 Å². The summed E-state index contributed by atoms with van der Waals surface area (Å²) >= 11 is 7.68. The molecule has 1 heterocycles. The molecule has 0 radical (unpaired) electrons. The van der Waals surface area contributed by atoms with Crippen LogP contribution in [-0.2, 0) is 14.8 Å². The summed E-state index contributed by atoms with van der Waals surface area (Å²) in [4.78, 5) is 13.5. The van der Waals surface area contributed by atoms with Gasteiger partial charge >= 0.3 is 0 Å². The summed E-state index contributed by atoms with van der Waals surface area (Å²) in [6.07, 6.45) is 1.53. The third-order valence-electron chi connectivity index (χ3n) is 4.31. The second kappa shape index (κ2) is 9.95. The lowest BCUT2D eigenvalue weighted by Crippen LogP contribution is -2.39. The highest BCUT2D eigenvalue weighted by Gasteiger charge is 2.27. The lowest BCUT2D eigenvalue weighted by Gasteiger charge is -2.24. The van der Waals surface area contributed by atoms with Crippen LogP contribution in [0.1, 0.15) is 10.4 Å². The van der Waals surface area contributed by atoms with Gasteiger partial charge in [-0.25, -0.2) is 13.8 Å². The molecule has 10 heteroatoms. The first kappa shape index (κ1) is 22.8. The second-order valence-electron chi connectivity index (χ2n) is 6.40. The molecular formula is C21H20ClN3O4S2. The zero-order valence-corrected chi connectivity index (χ0v) is 19.2. The van der Waals surface area contributed by atoms with Crippen LogP contribution in [-0.4, -0.2) is 34.2 Å². The Morgan fingerprint density at radius 3 is 2.58 bits per heavy atom. The number of amides is 1. The number of hydrazone groups is 1. The van der Waals surface area contributed by atoms with Crippen LogP contribution in [0.25, 0.3) is 0 Å². The van der Waals surface area contributed by atoms with Gasteiger partial charge in [-0.05, 0) is 54.3 Å². The van der Waals surface area contributed by atoms with E-state index in [-0.39, 0.29) is 15.6 Å². The van der Waals surface area contributed by atoms with Gasteiger partial charge in [0, 0.05) is 4.88 Å². The Kier molecular flexibility index (Phi) is 7.32. The SMILES string of the molecule is COc1ccc(N(CC(=O)N/N=C/c2sccc2C)S(=O)(=O)c2ccccc2)cc1Cl. The maximum absolute atomic E-state index is 13.3. The summed E-state index contributed by atoms with van der Waals surface area (Å²) < 4.78 is 32.7. The summed E-state index contributed by atoms with van der Waals surface area (Å²) in [5.74, 6) is -0.209. The Morgan fingerprint density at radius 1 is 1.23 bits per heavy atom. The highest BCUT2D eigenvalue weighted by Crippen LogP contribution is 2.31. The van der Waals surface area contributed by atoms with E-state index in [1.54, 1.807) is 24.3 Å². The van der Waals surface area contributed by atoms with Crippen LogP contribution in [0.5, 0.6) is 5.75 Å². The Hall–Kier alpha value is -2.88. The maximum Gasteiger partial charge on any atom is 0.264 e. The molecule has 0 aliphatic heterocycles. The topological polar surface area (TPSA) is 88.1 Å². The zero-order chi connectivity index (χ0) is 22.4. The van der Waals surface area contributed by atoms with Gasteiger partial charge in [-0.2, -0.15) is 5.10 Å². The number of halogens is 1. The van der Waals surface area contributed by atoms with Gasteiger partial charge in [0.15, 0.2) is 0 Å². The number of sulfonamides is 1. The van der Waals surface area contributed by atoms with Crippen LogP contribution in [0.15, 0.2) is 70.0 Å². The van der Waals surface area contributed by atoms with E-state index in [2.05, 4.69) is 10.5 Å². The summed E-state index contributed by atoms with van der Waals surface area (Å²) in [6.45, 7) is 1.45. The predicted molar refractivity (Wildman–Crippen MR) is 124 cm³/mol. The number of methoxy groups -OCH3 is 1. The smallest absolute Gasteiger partial charge is 0.264 e. The molecule has 1 N–H and O–H groups in total. The number of benzene rings is 2. The Labute approximate surface area is 190 Å². The molecule has 3 rings (SSSR count). The molecular weight excluding hydrogens is 458 g/mol. The van der Waals surface area contributed by atoms with Gasteiger partial charge in [0.1, 0.15) is 12.3 Å². The number of nitrogens with one attached hydrogen (secondary N) is 1. The number of anilines is 1. The van der Waals surface area contributed by atoms with E-state index in [4.69, 9.17) is 16.3 Å². The van der Waals surface area contributed by atoms with Crippen LogP contribution in [0, 0.1) is 6.92 Å². The normalized spacial score (nSPS) is 11.5. The van der Waals surface area contributed by atoms with Gasteiger partial charge in [-0.15, -0.1) is 11.3 Å². The first-order valence-corrected chi connectivity index (χ1v) is 11.8. The van der Waals surface area contributed by atoms with Crippen LogP contribution < -0.4 is 14.5 Å². The first-order chi connectivity index (χ1) is 14.8. The molecule has 0 saturated carbocycles. The highest BCUT2D eigenvalue weighted by molar-refractivity contribution is 7.92. The van der Waals surface area contributed by atoms with Crippen molar-refractivity contribution >= 4 is 50.8 Å². The fourth-order valence-corrected chi connectivity index (χ4v) is 5.16. The van der Waals surface area contributed by atoms with Crippen molar-refractivity contribution in [2.75, 3.05) is 18.0 Å². The van der Waals surface area contributed by atoms with Crippen molar-refractivity contribution < 1.29 is 17.9 Å². The Balaban J connectivity index is 1.89. The average Bonchev–Trinajstić information content (AvgIpc) is 3.17. The average molecular weight is 478 g/mol. The molecule has 0 aliphatic carbocycles. The zero-order valence-electron chi connectivity index (χ0n) is 16.8. The monoisotopic (exact) mass is 477 g/mol. The quantitative estimate of drug-likeness (QED) is 0.391. The van der Waals surface area contributed by atoms with E-state index in [1.165, 1.54) is 48.9 Å².